The monoisotopic (exact) mass is 267 g/mol. The zero-order chi connectivity index (χ0) is 13.8. The van der Waals surface area contributed by atoms with Crippen LogP contribution in [0, 0.1) is 0 Å². The summed E-state index contributed by atoms with van der Waals surface area (Å²) in [7, 11) is 0. The Morgan fingerprint density at radius 1 is 1.35 bits per heavy atom. The van der Waals surface area contributed by atoms with Gasteiger partial charge in [0.05, 0.1) is 11.9 Å². The molecule has 7 nitrogen and oxygen atoms in total. The highest BCUT2D eigenvalue weighted by Gasteiger charge is 2.01. The van der Waals surface area contributed by atoms with Crippen LogP contribution in [0.2, 0.25) is 0 Å². The van der Waals surface area contributed by atoms with Crippen molar-refractivity contribution in [2.45, 2.75) is 6.54 Å². The molecule has 3 rings (SSSR count). The summed E-state index contributed by atoms with van der Waals surface area (Å²) in [5, 5.41) is 18.6. The van der Waals surface area contributed by atoms with Crippen LogP contribution in [-0.4, -0.2) is 30.0 Å². The lowest BCUT2D eigenvalue weighted by Crippen LogP contribution is -2.00. The summed E-state index contributed by atoms with van der Waals surface area (Å²) < 4.78 is 3.29. The number of rotatable bonds is 5. The number of anilines is 1. The Morgan fingerprint density at radius 2 is 2.30 bits per heavy atom. The Bertz CT molecular complexity index is 699. The van der Waals surface area contributed by atoms with Crippen LogP contribution in [0.25, 0.3) is 11.9 Å². The molecular weight excluding hydrogens is 254 g/mol. The van der Waals surface area contributed by atoms with E-state index in [1.807, 2.05) is 30.5 Å². The normalized spacial score (nSPS) is 10.4. The van der Waals surface area contributed by atoms with Crippen molar-refractivity contribution in [1.82, 2.24) is 30.0 Å². The van der Waals surface area contributed by atoms with Crippen molar-refractivity contribution in [3.05, 3.63) is 55.1 Å². The fraction of sp³-hybridized carbons (Fsp3) is 0.0769. The molecule has 0 aliphatic carbocycles. The zero-order valence-corrected chi connectivity index (χ0v) is 10.7. The highest BCUT2D eigenvalue weighted by molar-refractivity contribution is 5.50. The molecular formula is C13H13N7. The third-order valence-electron chi connectivity index (χ3n) is 2.80. The van der Waals surface area contributed by atoms with Crippen LogP contribution < -0.4 is 5.32 Å². The van der Waals surface area contributed by atoms with Crippen molar-refractivity contribution in [3.8, 4) is 5.69 Å². The molecule has 20 heavy (non-hydrogen) atoms. The van der Waals surface area contributed by atoms with Gasteiger partial charge in [-0.05, 0) is 28.6 Å². The van der Waals surface area contributed by atoms with Crippen LogP contribution in [0.4, 0.5) is 5.69 Å². The minimum atomic E-state index is 0.687. The second-order valence-corrected chi connectivity index (χ2v) is 4.17. The molecule has 2 aromatic heterocycles. The topological polar surface area (TPSA) is 73.5 Å². The molecule has 0 atom stereocenters. The van der Waals surface area contributed by atoms with E-state index in [4.69, 9.17) is 0 Å². The van der Waals surface area contributed by atoms with Gasteiger partial charge in [0.1, 0.15) is 6.33 Å². The minimum Gasteiger partial charge on any atom is -0.381 e. The molecule has 7 heteroatoms. The predicted octanol–water partition coefficient (Wildman–Crippen LogP) is 1.57. The molecule has 0 saturated heterocycles. The van der Waals surface area contributed by atoms with Gasteiger partial charge in [0.25, 0.3) is 0 Å². The van der Waals surface area contributed by atoms with Gasteiger partial charge in [0, 0.05) is 30.2 Å². The van der Waals surface area contributed by atoms with Gasteiger partial charge in [-0.15, -0.1) is 5.10 Å². The fourth-order valence-electron chi connectivity index (χ4n) is 1.81. The summed E-state index contributed by atoms with van der Waals surface area (Å²) in [5.74, 6) is 0. The molecule has 1 aromatic carbocycles. The number of aromatic nitrogens is 6. The van der Waals surface area contributed by atoms with E-state index in [1.54, 1.807) is 28.1 Å². The van der Waals surface area contributed by atoms with Crippen LogP contribution in [0.15, 0.2) is 49.6 Å². The van der Waals surface area contributed by atoms with E-state index in [-0.39, 0.29) is 0 Å². The molecule has 0 aliphatic rings. The molecule has 0 radical (unpaired) electrons. The molecule has 100 valence electrons. The number of nitrogens with zero attached hydrogens (tertiary/aromatic N) is 6. The van der Waals surface area contributed by atoms with E-state index in [1.165, 1.54) is 0 Å². The second kappa shape index (κ2) is 5.35. The Balaban J connectivity index is 1.71. The van der Waals surface area contributed by atoms with Crippen LogP contribution in [-0.2, 0) is 6.54 Å². The average molecular weight is 267 g/mol. The summed E-state index contributed by atoms with van der Waals surface area (Å²) in [6.07, 6.45) is 6.94. The van der Waals surface area contributed by atoms with E-state index in [9.17, 15) is 0 Å². The van der Waals surface area contributed by atoms with E-state index >= 15 is 0 Å². The third kappa shape index (κ3) is 2.56. The van der Waals surface area contributed by atoms with Crippen molar-refractivity contribution in [2.24, 2.45) is 0 Å². The number of hydrogen-bond acceptors (Lipinski definition) is 5. The van der Waals surface area contributed by atoms with Crippen molar-refractivity contribution < 1.29 is 0 Å². The summed E-state index contributed by atoms with van der Waals surface area (Å²) >= 11 is 0. The van der Waals surface area contributed by atoms with E-state index in [0.717, 1.165) is 16.9 Å². The molecule has 0 amide bonds. The first-order valence-corrected chi connectivity index (χ1v) is 6.08. The maximum atomic E-state index is 4.13. The van der Waals surface area contributed by atoms with Crippen molar-refractivity contribution in [2.75, 3.05) is 5.32 Å². The number of tetrazole rings is 1. The summed E-state index contributed by atoms with van der Waals surface area (Å²) in [4.78, 5) is 0. The average Bonchev–Trinajstić information content (AvgIpc) is 3.17. The van der Waals surface area contributed by atoms with Crippen molar-refractivity contribution in [1.29, 1.82) is 0 Å². The molecule has 2 heterocycles. The molecule has 1 N–H and O–H groups in total. The lowest BCUT2D eigenvalue weighted by molar-refractivity contribution is 0.789. The molecule has 0 saturated carbocycles. The second-order valence-electron chi connectivity index (χ2n) is 4.17. The van der Waals surface area contributed by atoms with Gasteiger partial charge in [-0.2, -0.15) is 5.10 Å². The van der Waals surface area contributed by atoms with Gasteiger partial charge in [0.15, 0.2) is 0 Å². The largest absolute Gasteiger partial charge is 0.381 e. The van der Waals surface area contributed by atoms with Gasteiger partial charge in [-0.3, -0.25) is 0 Å². The highest BCUT2D eigenvalue weighted by Crippen LogP contribution is 2.14. The zero-order valence-electron chi connectivity index (χ0n) is 10.7. The number of nitrogens with one attached hydrogen (secondary N) is 1. The number of hydrogen-bond donors (Lipinski definition) is 1. The van der Waals surface area contributed by atoms with Crippen molar-refractivity contribution >= 4 is 11.9 Å². The predicted molar refractivity (Wildman–Crippen MR) is 75.1 cm³/mol. The molecule has 0 fully saturated rings. The highest BCUT2D eigenvalue weighted by atomic mass is 15.5. The van der Waals surface area contributed by atoms with Crippen LogP contribution in [0.5, 0.6) is 0 Å². The first-order chi connectivity index (χ1) is 9.85. The molecule has 3 aromatic rings. The van der Waals surface area contributed by atoms with Crippen molar-refractivity contribution in [3.63, 3.8) is 0 Å². The molecule has 0 spiro atoms. The van der Waals surface area contributed by atoms with E-state index in [0.29, 0.717) is 6.54 Å². The SMILES string of the molecule is C=Cn1cc(CNc2cccc(-n3cnnn3)c2)cn1. The minimum absolute atomic E-state index is 0.687. The lowest BCUT2D eigenvalue weighted by Gasteiger charge is -2.06. The first-order valence-electron chi connectivity index (χ1n) is 6.08. The maximum absolute atomic E-state index is 4.13. The standard InChI is InChI=1S/C13H13N7/c1-2-19-9-11(8-16-19)7-14-12-4-3-5-13(6-12)20-10-15-17-18-20/h2-6,8-10,14H,1,7H2. The third-order valence-corrected chi connectivity index (χ3v) is 2.80. The lowest BCUT2D eigenvalue weighted by atomic mass is 10.2. The van der Waals surface area contributed by atoms with Crippen LogP contribution >= 0.6 is 0 Å². The molecule has 0 bridgehead atoms. The quantitative estimate of drug-likeness (QED) is 0.759. The Hall–Kier alpha value is -2.96. The van der Waals surface area contributed by atoms with Crippen LogP contribution in [0.3, 0.4) is 0 Å². The summed E-state index contributed by atoms with van der Waals surface area (Å²) in [6.45, 7) is 4.35. The van der Waals surface area contributed by atoms with E-state index in [2.05, 4.69) is 32.5 Å². The first kappa shape index (κ1) is 12.1. The summed E-state index contributed by atoms with van der Waals surface area (Å²) in [5.41, 5.74) is 2.98. The van der Waals surface area contributed by atoms with Gasteiger partial charge in [0.2, 0.25) is 0 Å². The van der Waals surface area contributed by atoms with Gasteiger partial charge >= 0.3 is 0 Å². The van der Waals surface area contributed by atoms with Gasteiger partial charge < -0.3 is 5.32 Å². The summed E-state index contributed by atoms with van der Waals surface area (Å²) in [6, 6.07) is 7.86. The van der Waals surface area contributed by atoms with E-state index < -0.39 is 0 Å². The van der Waals surface area contributed by atoms with Crippen LogP contribution in [0.1, 0.15) is 5.56 Å². The Kier molecular flexibility index (Phi) is 3.24. The fourth-order valence-corrected chi connectivity index (χ4v) is 1.81. The molecule has 0 aliphatic heterocycles. The Morgan fingerprint density at radius 3 is 3.05 bits per heavy atom. The Labute approximate surface area is 115 Å². The smallest absolute Gasteiger partial charge is 0.143 e. The van der Waals surface area contributed by atoms with Gasteiger partial charge in [-0.1, -0.05) is 12.6 Å². The number of benzene rings is 1. The maximum Gasteiger partial charge on any atom is 0.143 e. The van der Waals surface area contributed by atoms with Gasteiger partial charge in [-0.25, -0.2) is 9.36 Å². The molecule has 0 unspecified atom stereocenters.